The molecule has 1 saturated carbocycles. The summed E-state index contributed by atoms with van der Waals surface area (Å²) in [6.45, 7) is 4.39. The number of methoxy groups -OCH3 is 1. The highest BCUT2D eigenvalue weighted by Crippen LogP contribution is 2.27. The van der Waals surface area contributed by atoms with Gasteiger partial charge in [-0.25, -0.2) is 0 Å². The normalized spacial score (nSPS) is 21.2. The number of aliphatic hydroxyl groups is 1. The Morgan fingerprint density at radius 2 is 1.67 bits per heavy atom. The fourth-order valence-corrected chi connectivity index (χ4v) is 4.20. The summed E-state index contributed by atoms with van der Waals surface area (Å²) in [4.78, 5) is 2.62. The van der Waals surface area contributed by atoms with Crippen LogP contribution in [0.15, 0.2) is 54.6 Å². The van der Waals surface area contributed by atoms with Crippen LogP contribution in [-0.4, -0.2) is 35.8 Å². The summed E-state index contributed by atoms with van der Waals surface area (Å²) in [5, 5.41) is 9.83. The maximum atomic E-state index is 9.83. The molecule has 1 aliphatic carbocycles. The number of para-hydroxylation sites is 1. The van der Waals surface area contributed by atoms with Gasteiger partial charge in [0.2, 0.25) is 0 Å². The van der Waals surface area contributed by atoms with Gasteiger partial charge in [-0.1, -0.05) is 48.5 Å². The van der Waals surface area contributed by atoms with Crippen molar-refractivity contribution in [1.82, 2.24) is 4.90 Å². The molecule has 1 fully saturated rings. The minimum absolute atomic E-state index is 0.0881. The maximum Gasteiger partial charge on any atom is 0.122 e. The molecule has 0 aliphatic heterocycles. The van der Waals surface area contributed by atoms with Gasteiger partial charge in [0.15, 0.2) is 0 Å². The molecule has 0 radical (unpaired) electrons. The minimum atomic E-state index is -0.0881. The van der Waals surface area contributed by atoms with Crippen LogP contribution in [0.25, 0.3) is 0 Å². The van der Waals surface area contributed by atoms with E-state index in [1.165, 1.54) is 11.1 Å². The second-order valence-corrected chi connectivity index (χ2v) is 7.95. The second kappa shape index (κ2) is 9.91. The SMILES string of the molecule is COc1ccccc1CC(C)N(Cc1ccccc1)CC1CCC(O)CC1. The van der Waals surface area contributed by atoms with Crippen molar-refractivity contribution in [3.63, 3.8) is 0 Å². The predicted octanol–water partition coefficient (Wildman–Crippen LogP) is 4.68. The van der Waals surface area contributed by atoms with Crippen LogP contribution in [0.4, 0.5) is 0 Å². The first-order chi connectivity index (χ1) is 13.2. The molecule has 146 valence electrons. The van der Waals surface area contributed by atoms with E-state index in [2.05, 4.69) is 54.3 Å². The van der Waals surface area contributed by atoms with E-state index in [0.717, 1.165) is 50.9 Å². The number of benzene rings is 2. The Labute approximate surface area is 164 Å². The number of hydrogen-bond donors (Lipinski definition) is 1. The van der Waals surface area contributed by atoms with Gasteiger partial charge in [0.05, 0.1) is 13.2 Å². The molecule has 3 nitrogen and oxygen atoms in total. The fraction of sp³-hybridized carbons (Fsp3) is 0.500. The summed E-state index contributed by atoms with van der Waals surface area (Å²) in [5.74, 6) is 1.65. The number of nitrogens with zero attached hydrogens (tertiary/aromatic N) is 1. The van der Waals surface area contributed by atoms with Crippen LogP contribution in [-0.2, 0) is 13.0 Å². The van der Waals surface area contributed by atoms with E-state index >= 15 is 0 Å². The standard InChI is InChI=1S/C24H33NO2/c1-19(16-22-10-6-7-11-24(22)27-2)25(17-20-8-4-3-5-9-20)18-21-12-14-23(26)15-13-21/h3-11,19,21,23,26H,12-18H2,1-2H3. The van der Waals surface area contributed by atoms with Crippen LogP contribution in [0.1, 0.15) is 43.7 Å². The average molecular weight is 368 g/mol. The van der Waals surface area contributed by atoms with Crippen LogP contribution in [0.5, 0.6) is 5.75 Å². The van der Waals surface area contributed by atoms with Gasteiger partial charge in [0, 0.05) is 19.1 Å². The fourth-order valence-electron chi connectivity index (χ4n) is 4.20. The molecule has 1 atom stereocenters. The summed E-state index contributed by atoms with van der Waals surface area (Å²) >= 11 is 0. The quantitative estimate of drug-likeness (QED) is 0.735. The number of ether oxygens (including phenoxy) is 1. The third-order valence-corrected chi connectivity index (χ3v) is 5.87. The van der Waals surface area contributed by atoms with E-state index in [1.54, 1.807) is 7.11 Å². The van der Waals surface area contributed by atoms with Crippen LogP contribution in [0.2, 0.25) is 0 Å². The molecular weight excluding hydrogens is 334 g/mol. The van der Waals surface area contributed by atoms with E-state index in [1.807, 2.05) is 12.1 Å². The molecule has 1 N–H and O–H groups in total. The highest BCUT2D eigenvalue weighted by atomic mass is 16.5. The van der Waals surface area contributed by atoms with Gasteiger partial charge < -0.3 is 9.84 Å². The molecular formula is C24H33NO2. The van der Waals surface area contributed by atoms with Crippen LogP contribution in [0.3, 0.4) is 0 Å². The monoisotopic (exact) mass is 367 g/mol. The first kappa shape index (κ1) is 19.9. The van der Waals surface area contributed by atoms with Crippen molar-refractivity contribution in [2.24, 2.45) is 5.92 Å². The van der Waals surface area contributed by atoms with Crippen molar-refractivity contribution in [2.75, 3.05) is 13.7 Å². The molecule has 3 heteroatoms. The molecule has 2 aromatic carbocycles. The Hall–Kier alpha value is -1.84. The maximum absolute atomic E-state index is 9.83. The molecule has 0 bridgehead atoms. The highest BCUT2D eigenvalue weighted by molar-refractivity contribution is 5.33. The van der Waals surface area contributed by atoms with Gasteiger partial charge >= 0.3 is 0 Å². The van der Waals surface area contributed by atoms with E-state index in [0.29, 0.717) is 12.0 Å². The predicted molar refractivity (Wildman–Crippen MR) is 111 cm³/mol. The van der Waals surface area contributed by atoms with Gasteiger partial charge in [-0.3, -0.25) is 4.90 Å². The lowest BCUT2D eigenvalue weighted by molar-refractivity contribution is 0.0830. The van der Waals surface area contributed by atoms with Gasteiger partial charge in [0.1, 0.15) is 5.75 Å². The van der Waals surface area contributed by atoms with Crippen LogP contribution in [0, 0.1) is 5.92 Å². The summed E-state index contributed by atoms with van der Waals surface area (Å²) in [5.41, 5.74) is 2.63. The molecule has 0 spiro atoms. The first-order valence-electron chi connectivity index (χ1n) is 10.2. The van der Waals surface area contributed by atoms with Crippen molar-refractivity contribution >= 4 is 0 Å². The molecule has 1 aliphatic rings. The molecule has 3 rings (SSSR count). The average Bonchev–Trinajstić information content (AvgIpc) is 2.70. The highest BCUT2D eigenvalue weighted by Gasteiger charge is 2.24. The van der Waals surface area contributed by atoms with Crippen LogP contribution < -0.4 is 4.74 Å². The van der Waals surface area contributed by atoms with E-state index in [-0.39, 0.29) is 6.10 Å². The first-order valence-corrected chi connectivity index (χ1v) is 10.2. The Kier molecular flexibility index (Phi) is 7.31. The van der Waals surface area contributed by atoms with Crippen molar-refractivity contribution in [3.05, 3.63) is 65.7 Å². The third-order valence-electron chi connectivity index (χ3n) is 5.87. The summed E-state index contributed by atoms with van der Waals surface area (Å²) in [7, 11) is 1.75. The summed E-state index contributed by atoms with van der Waals surface area (Å²) < 4.78 is 5.56. The lowest BCUT2D eigenvalue weighted by Crippen LogP contribution is -2.39. The van der Waals surface area contributed by atoms with E-state index in [9.17, 15) is 5.11 Å². The smallest absolute Gasteiger partial charge is 0.122 e. The number of rotatable bonds is 8. The molecule has 1 unspecified atom stereocenters. The third kappa shape index (κ3) is 5.82. The molecule has 2 aromatic rings. The van der Waals surface area contributed by atoms with Crippen molar-refractivity contribution in [1.29, 1.82) is 0 Å². The van der Waals surface area contributed by atoms with Crippen molar-refractivity contribution < 1.29 is 9.84 Å². The van der Waals surface area contributed by atoms with Crippen molar-refractivity contribution in [2.45, 2.75) is 57.7 Å². The van der Waals surface area contributed by atoms with E-state index in [4.69, 9.17) is 4.74 Å². The van der Waals surface area contributed by atoms with Gasteiger partial charge in [-0.2, -0.15) is 0 Å². The molecule has 0 heterocycles. The zero-order chi connectivity index (χ0) is 19.1. The Morgan fingerprint density at radius 3 is 2.37 bits per heavy atom. The zero-order valence-corrected chi connectivity index (χ0v) is 16.7. The van der Waals surface area contributed by atoms with Gasteiger partial charge in [0.25, 0.3) is 0 Å². The number of aliphatic hydroxyl groups excluding tert-OH is 1. The summed E-state index contributed by atoms with van der Waals surface area (Å²) in [6, 6.07) is 19.5. The van der Waals surface area contributed by atoms with E-state index < -0.39 is 0 Å². The van der Waals surface area contributed by atoms with Gasteiger partial charge in [-0.15, -0.1) is 0 Å². The topological polar surface area (TPSA) is 32.7 Å². The lowest BCUT2D eigenvalue weighted by Gasteiger charge is -2.35. The van der Waals surface area contributed by atoms with Crippen LogP contribution >= 0.6 is 0 Å². The Bertz CT molecular complexity index is 680. The van der Waals surface area contributed by atoms with Crippen molar-refractivity contribution in [3.8, 4) is 5.75 Å². The molecule has 27 heavy (non-hydrogen) atoms. The minimum Gasteiger partial charge on any atom is -0.496 e. The molecule has 0 aromatic heterocycles. The second-order valence-electron chi connectivity index (χ2n) is 7.95. The molecule has 0 amide bonds. The lowest BCUT2D eigenvalue weighted by atomic mass is 9.86. The van der Waals surface area contributed by atoms with Gasteiger partial charge in [-0.05, 0) is 62.1 Å². The zero-order valence-electron chi connectivity index (χ0n) is 16.7. The molecule has 0 saturated heterocycles. The number of hydrogen-bond acceptors (Lipinski definition) is 3. The Morgan fingerprint density at radius 1 is 1.00 bits per heavy atom. The summed E-state index contributed by atoms with van der Waals surface area (Å²) in [6.07, 6.45) is 5.05. The Balaban J connectivity index is 1.71. The largest absolute Gasteiger partial charge is 0.496 e.